The summed E-state index contributed by atoms with van der Waals surface area (Å²) in [5.74, 6) is 0.893. The zero-order valence-electron chi connectivity index (χ0n) is 11.7. The highest BCUT2D eigenvalue weighted by Crippen LogP contribution is 2.17. The van der Waals surface area contributed by atoms with E-state index in [1.807, 2.05) is 6.07 Å². The first-order valence-corrected chi connectivity index (χ1v) is 7.31. The maximum absolute atomic E-state index is 5.77. The van der Waals surface area contributed by atoms with Crippen molar-refractivity contribution in [2.24, 2.45) is 4.99 Å². The quantitative estimate of drug-likeness (QED) is 0.348. The molecule has 2 rings (SSSR count). The lowest BCUT2D eigenvalue weighted by Crippen LogP contribution is -2.42. The molecule has 0 saturated heterocycles. The molecule has 1 aromatic rings. The highest BCUT2D eigenvalue weighted by molar-refractivity contribution is 14.0. The normalized spacial score (nSPS) is 15.8. The van der Waals surface area contributed by atoms with Crippen molar-refractivity contribution in [3.05, 3.63) is 29.0 Å². The van der Waals surface area contributed by atoms with Gasteiger partial charge in [-0.15, -0.1) is 24.0 Å². The van der Waals surface area contributed by atoms with Crippen LogP contribution < -0.4 is 10.6 Å². The van der Waals surface area contributed by atoms with Crippen molar-refractivity contribution >= 4 is 41.5 Å². The van der Waals surface area contributed by atoms with E-state index in [0.29, 0.717) is 17.7 Å². The largest absolute Gasteiger partial charge is 0.357 e. The van der Waals surface area contributed by atoms with Crippen LogP contribution in [0.4, 0.5) is 0 Å². The molecule has 20 heavy (non-hydrogen) atoms. The first kappa shape index (κ1) is 17.5. The van der Waals surface area contributed by atoms with Gasteiger partial charge in [0.15, 0.2) is 5.96 Å². The van der Waals surface area contributed by atoms with E-state index in [1.54, 1.807) is 12.3 Å². The lowest BCUT2D eigenvalue weighted by molar-refractivity contribution is 0.614. The molecular formula is C14H22ClIN4. The number of guanidine groups is 1. The molecule has 0 unspecified atom stereocenters. The van der Waals surface area contributed by atoms with Crippen molar-refractivity contribution in [2.75, 3.05) is 6.54 Å². The number of aromatic nitrogens is 1. The van der Waals surface area contributed by atoms with Gasteiger partial charge >= 0.3 is 0 Å². The van der Waals surface area contributed by atoms with Crippen LogP contribution in [-0.4, -0.2) is 23.5 Å². The Morgan fingerprint density at radius 2 is 2.15 bits per heavy atom. The van der Waals surface area contributed by atoms with E-state index in [0.717, 1.165) is 18.1 Å². The minimum atomic E-state index is 0. The van der Waals surface area contributed by atoms with E-state index in [4.69, 9.17) is 11.6 Å². The molecule has 1 aliphatic carbocycles. The van der Waals surface area contributed by atoms with Gasteiger partial charge in [-0.2, -0.15) is 0 Å². The highest BCUT2D eigenvalue weighted by Gasteiger charge is 2.15. The van der Waals surface area contributed by atoms with E-state index in [9.17, 15) is 0 Å². The summed E-state index contributed by atoms with van der Waals surface area (Å²) in [6.07, 6.45) is 6.89. The Hall–Kier alpha value is -0.560. The lowest BCUT2D eigenvalue weighted by atomic mass is 10.2. The summed E-state index contributed by atoms with van der Waals surface area (Å²) in [7, 11) is 0. The molecule has 112 valence electrons. The second-order valence-electron chi connectivity index (χ2n) is 4.81. The average molecular weight is 409 g/mol. The predicted molar refractivity (Wildman–Crippen MR) is 94.9 cm³/mol. The highest BCUT2D eigenvalue weighted by atomic mass is 127. The minimum Gasteiger partial charge on any atom is -0.357 e. The Morgan fingerprint density at radius 3 is 2.75 bits per heavy atom. The summed E-state index contributed by atoms with van der Waals surface area (Å²) < 4.78 is 0. The van der Waals surface area contributed by atoms with Gasteiger partial charge in [0.05, 0.1) is 6.54 Å². The number of nitrogens with one attached hydrogen (secondary N) is 2. The Morgan fingerprint density at radius 1 is 1.40 bits per heavy atom. The summed E-state index contributed by atoms with van der Waals surface area (Å²) in [6, 6.07) is 4.32. The molecule has 0 atom stereocenters. The van der Waals surface area contributed by atoms with Gasteiger partial charge < -0.3 is 10.6 Å². The summed E-state index contributed by atoms with van der Waals surface area (Å²) in [4.78, 5) is 8.65. The van der Waals surface area contributed by atoms with Crippen molar-refractivity contribution in [2.45, 2.75) is 45.2 Å². The van der Waals surface area contributed by atoms with Crippen molar-refractivity contribution < 1.29 is 0 Å². The number of hydrogen-bond acceptors (Lipinski definition) is 2. The molecule has 6 heteroatoms. The monoisotopic (exact) mass is 408 g/mol. The van der Waals surface area contributed by atoms with Gasteiger partial charge in [0, 0.05) is 18.8 Å². The molecule has 1 fully saturated rings. The van der Waals surface area contributed by atoms with Gasteiger partial charge in [0.2, 0.25) is 0 Å². The smallest absolute Gasteiger partial charge is 0.191 e. The SMILES string of the molecule is CCNC(=NCc1ccc(Cl)nc1)NC1CCCC1.I. The number of rotatable bonds is 4. The van der Waals surface area contributed by atoms with Crippen molar-refractivity contribution in [3.63, 3.8) is 0 Å². The third-order valence-corrected chi connectivity index (χ3v) is 3.47. The third kappa shape index (κ3) is 5.83. The first-order chi connectivity index (χ1) is 9.28. The van der Waals surface area contributed by atoms with Crippen LogP contribution in [0.2, 0.25) is 5.15 Å². The molecule has 0 aliphatic heterocycles. The fourth-order valence-corrected chi connectivity index (χ4v) is 2.37. The van der Waals surface area contributed by atoms with E-state index < -0.39 is 0 Å². The maximum atomic E-state index is 5.77. The van der Waals surface area contributed by atoms with Gasteiger partial charge in [-0.3, -0.25) is 0 Å². The Labute approximate surface area is 142 Å². The standard InChI is InChI=1S/C14H21ClN4.HI/c1-2-16-14(19-12-5-3-4-6-12)18-10-11-7-8-13(15)17-9-11;/h7-9,12H,2-6,10H2,1H3,(H2,16,18,19);1H. The predicted octanol–water partition coefficient (Wildman–Crippen LogP) is 3.35. The van der Waals surface area contributed by atoms with E-state index in [-0.39, 0.29) is 24.0 Å². The van der Waals surface area contributed by atoms with Crippen LogP contribution in [-0.2, 0) is 6.54 Å². The van der Waals surface area contributed by atoms with Crippen LogP contribution in [0.15, 0.2) is 23.3 Å². The molecule has 2 N–H and O–H groups in total. The van der Waals surface area contributed by atoms with Gasteiger partial charge in [0.1, 0.15) is 5.15 Å². The number of nitrogens with zero attached hydrogens (tertiary/aromatic N) is 2. The Bertz CT molecular complexity index is 416. The fourth-order valence-electron chi connectivity index (χ4n) is 2.25. The number of hydrogen-bond donors (Lipinski definition) is 2. The lowest BCUT2D eigenvalue weighted by Gasteiger charge is -2.16. The zero-order valence-corrected chi connectivity index (χ0v) is 14.8. The second-order valence-corrected chi connectivity index (χ2v) is 5.20. The molecule has 1 heterocycles. The number of halogens is 2. The van der Waals surface area contributed by atoms with E-state index in [1.165, 1.54) is 25.7 Å². The molecule has 0 radical (unpaired) electrons. The van der Waals surface area contributed by atoms with Gasteiger partial charge in [0.25, 0.3) is 0 Å². The molecule has 0 bridgehead atoms. The Kier molecular flexibility index (Phi) is 8.21. The first-order valence-electron chi connectivity index (χ1n) is 6.93. The van der Waals surface area contributed by atoms with Crippen LogP contribution >= 0.6 is 35.6 Å². The summed E-state index contributed by atoms with van der Waals surface area (Å²) in [5.41, 5.74) is 1.06. The molecule has 1 saturated carbocycles. The van der Waals surface area contributed by atoms with E-state index in [2.05, 4.69) is 27.5 Å². The van der Waals surface area contributed by atoms with Crippen LogP contribution in [0.5, 0.6) is 0 Å². The molecular weight excluding hydrogens is 387 g/mol. The Balaban J connectivity index is 0.00000200. The number of pyridine rings is 1. The third-order valence-electron chi connectivity index (χ3n) is 3.25. The van der Waals surface area contributed by atoms with Crippen LogP contribution in [0, 0.1) is 0 Å². The maximum Gasteiger partial charge on any atom is 0.191 e. The molecule has 4 nitrogen and oxygen atoms in total. The molecule has 0 aromatic carbocycles. The zero-order chi connectivity index (χ0) is 13.5. The molecule has 1 aliphatic rings. The van der Waals surface area contributed by atoms with E-state index >= 15 is 0 Å². The molecule has 0 amide bonds. The van der Waals surface area contributed by atoms with Crippen LogP contribution in [0.3, 0.4) is 0 Å². The minimum absolute atomic E-state index is 0. The topological polar surface area (TPSA) is 49.3 Å². The summed E-state index contributed by atoms with van der Waals surface area (Å²) in [5, 5.41) is 7.29. The van der Waals surface area contributed by atoms with Gasteiger partial charge in [-0.25, -0.2) is 9.98 Å². The summed E-state index contributed by atoms with van der Waals surface area (Å²) >= 11 is 5.77. The van der Waals surface area contributed by atoms with Crippen molar-refractivity contribution in [1.29, 1.82) is 0 Å². The summed E-state index contributed by atoms with van der Waals surface area (Å²) in [6.45, 7) is 3.57. The number of aliphatic imine (C=N–C) groups is 1. The molecule has 0 spiro atoms. The van der Waals surface area contributed by atoms with Crippen molar-refractivity contribution in [3.8, 4) is 0 Å². The average Bonchev–Trinajstić information content (AvgIpc) is 2.91. The van der Waals surface area contributed by atoms with Gasteiger partial charge in [-0.05, 0) is 31.4 Å². The second kappa shape index (κ2) is 9.39. The van der Waals surface area contributed by atoms with Crippen LogP contribution in [0.25, 0.3) is 0 Å². The van der Waals surface area contributed by atoms with Gasteiger partial charge in [-0.1, -0.05) is 30.5 Å². The van der Waals surface area contributed by atoms with Crippen LogP contribution in [0.1, 0.15) is 38.2 Å². The van der Waals surface area contributed by atoms with Crippen molar-refractivity contribution in [1.82, 2.24) is 15.6 Å². The molecule has 1 aromatic heterocycles. The fraction of sp³-hybridized carbons (Fsp3) is 0.571.